The first-order valence-electron chi connectivity index (χ1n) is 7.54. The van der Waals surface area contributed by atoms with Gasteiger partial charge in [-0.05, 0) is 24.3 Å². The van der Waals surface area contributed by atoms with Gasteiger partial charge in [0, 0.05) is 20.3 Å². The zero-order valence-electron chi connectivity index (χ0n) is 13.5. The molecule has 24 heavy (non-hydrogen) atoms. The van der Waals surface area contributed by atoms with Gasteiger partial charge in [0.05, 0.1) is 16.9 Å². The van der Waals surface area contributed by atoms with Gasteiger partial charge in [-0.3, -0.25) is 9.59 Å². The van der Waals surface area contributed by atoms with E-state index in [1.165, 1.54) is 0 Å². The molecular formula is C19H17N3O2. The molecule has 0 bridgehead atoms. The van der Waals surface area contributed by atoms with Crippen LogP contribution in [0.1, 0.15) is 0 Å². The third kappa shape index (κ3) is 2.96. The molecule has 0 atom stereocenters. The number of rotatable bonds is 3. The molecule has 0 radical (unpaired) electrons. The molecule has 1 saturated heterocycles. The summed E-state index contributed by atoms with van der Waals surface area (Å²) in [7, 11) is 3.60. The molecule has 0 N–H and O–H groups in total. The summed E-state index contributed by atoms with van der Waals surface area (Å²) in [5.74, 6) is -0.780. The molecular weight excluding hydrogens is 302 g/mol. The summed E-state index contributed by atoms with van der Waals surface area (Å²) in [5, 5.41) is 0. The van der Waals surface area contributed by atoms with Crippen LogP contribution in [-0.4, -0.2) is 36.5 Å². The molecule has 1 fully saturated rings. The molecule has 0 saturated carbocycles. The Bertz CT molecular complexity index is 824. The summed E-state index contributed by atoms with van der Waals surface area (Å²) < 4.78 is 0. The molecule has 0 spiro atoms. The Balaban J connectivity index is 2.11. The van der Waals surface area contributed by atoms with Crippen molar-refractivity contribution in [1.82, 2.24) is 4.90 Å². The second-order valence-corrected chi connectivity index (χ2v) is 5.58. The Labute approximate surface area is 140 Å². The molecule has 0 unspecified atom stereocenters. The fourth-order valence-corrected chi connectivity index (χ4v) is 2.46. The summed E-state index contributed by atoms with van der Waals surface area (Å²) in [6.07, 6.45) is 1.63. The first kappa shape index (κ1) is 15.7. The molecule has 2 aromatic rings. The van der Waals surface area contributed by atoms with E-state index in [-0.39, 0.29) is 17.2 Å². The molecule has 0 aliphatic carbocycles. The second kappa shape index (κ2) is 6.50. The summed E-state index contributed by atoms with van der Waals surface area (Å²) >= 11 is 0. The van der Waals surface area contributed by atoms with Gasteiger partial charge < -0.3 is 4.90 Å². The lowest BCUT2D eigenvalue weighted by atomic mass is 10.2. The lowest BCUT2D eigenvalue weighted by Gasteiger charge is -2.12. The minimum atomic E-state index is -0.414. The lowest BCUT2D eigenvalue weighted by molar-refractivity contribution is -0.119. The number of hydrogen-bond acceptors (Lipinski definition) is 4. The van der Waals surface area contributed by atoms with Crippen LogP contribution >= 0.6 is 0 Å². The van der Waals surface area contributed by atoms with Crippen molar-refractivity contribution in [1.29, 1.82) is 0 Å². The van der Waals surface area contributed by atoms with Gasteiger partial charge >= 0.3 is 0 Å². The zero-order valence-corrected chi connectivity index (χ0v) is 13.5. The number of nitrogens with zero attached hydrogens (tertiary/aromatic N) is 3. The fourth-order valence-electron chi connectivity index (χ4n) is 2.46. The first-order chi connectivity index (χ1) is 11.6. The predicted molar refractivity (Wildman–Crippen MR) is 94.2 cm³/mol. The van der Waals surface area contributed by atoms with Crippen LogP contribution in [0.4, 0.5) is 11.4 Å². The van der Waals surface area contributed by atoms with Crippen LogP contribution in [0.25, 0.3) is 0 Å². The Morgan fingerprint density at radius 2 is 1.46 bits per heavy atom. The number of imide groups is 1. The van der Waals surface area contributed by atoms with Gasteiger partial charge in [-0.25, -0.2) is 9.89 Å². The number of anilines is 1. The third-order valence-electron chi connectivity index (χ3n) is 3.49. The Morgan fingerprint density at radius 1 is 0.875 bits per heavy atom. The molecule has 5 nitrogen and oxygen atoms in total. The normalized spacial score (nSPS) is 17.8. The van der Waals surface area contributed by atoms with Crippen LogP contribution in [0.15, 0.2) is 77.4 Å². The minimum Gasteiger partial charge on any atom is -0.383 e. The molecule has 1 aliphatic heterocycles. The van der Waals surface area contributed by atoms with Gasteiger partial charge in [-0.15, -0.1) is 0 Å². The standard InChI is InChI=1S/C19H17N3O2/c1-21(2)13-16-17(20-14-9-5-3-6-10-14)19(24)22(18(16)23)15-11-7-4-8-12-15/h3-13H,1-2H3/b16-13+,20-17?. The molecule has 2 amide bonds. The smallest absolute Gasteiger partial charge is 0.284 e. The van der Waals surface area contributed by atoms with E-state index in [0.29, 0.717) is 11.4 Å². The van der Waals surface area contributed by atoms with Crippen molar-refractivity contribution in [3.63, 3.8) is 0 Å². The molecule has 120 valence electrons. The summed E-state index contributed by atoms with van der Waals surface area (Å²) in [6.45, 7) is 0. The van der Waals surface area contributed by atoms with Crippen molar-refractivity contribution >= 4 is 28.9 Å². The van der Waals surface area contributed by atoms with Crippen LogP contribution in [0, 0.1) is 0 Å². The van der Waals surface area contributed by atoms with Crippen molar-refractivity contribution in [3.05, 3.63) is 72.4 Å². The van der Waals surface area contributed by atoms with Gasteiger partial charge in [-0.1, -0.05) is 36.4 Å². The van der Waals surface area contributed by atoms with E-state index >= 15 is 0 Å². The van der Waals surface area contributed by atoms with Gasteiger partial charge in [0.15, 0.2) is 0 Å². The number of benzene rings is 2. The van der Waals surface area contributed by atoms with Gasteiger partial charge in [0.2, 0.25) is 0 Å². The second-order valence-electron chi connectivity index (χ2n) is 5.58. The van der Waals surface area contributed by atoms with Crippen molar-refractivity contribution in [2.75, 3.05) is 19.0 Å². The van der Waals surface area contributed by atoms with Crippen LogP contribution in [0.2, 0.25) is 0 Å². The first-order valence-corrected chi connectivity index (χ1v) is 7.54. The van der Waals surface area contributed by atoms with E-state index < -0.39 is 5.91 Å². The van der Waals surface area contributed by atoms with E-state index in [2.05, 4.69) is 4.99 Å². The maximum Gasteiger partial charge on any atom is 0.284 e. The number of aliphatic imine (C=N–C) groups is 1. The highest BCUT2D eigenvalue weighted by Crippen LogP contribution is 2.26. The number of para-hydroxylation sites is 2. The monoisotopic (exact) mass is 319 g/mol. The van der Waals surface area contributed by atoms with Crippen LogP contribution in [-0.2, 0) is 9.59 Å². The fraction of sp³-hybridized carbons (Fsp3) is 0.105. The van der Waals surface area contributed by atoms with E-state index in [0.717, 1.165) is 4.90 Å². The van der Waals surface area contributed by atoms with Crippen LogP contribution in [0.3, 0.4) is 0 Å². The Morgan fingerprint density at radius 3 is 2.04 bits per heavy atom. The highest BCUT2D eigenvalue weighted by Gasteiger charge is 2.41. The SMILES string of the molecule is CN(C)/C=C1/C(=O)N(c2ccccc2)C(=O)C1=Nc1ccccc1. The zero-order chi connectivity index (χ0) is 17.1. The van der Waals surface area contributed by atoms with Crippen LogP contribution < -0.4 is 4.90 Å². The summed E-state index contributed by atoms with van der Waals surface area (Å²) in [4.78, 5) is 32.9. The molecule has 1 heterocycles. The Kier molecular flexibility index (Phi) is 4.24. The van der Waals surface area contributed by atoms with Crippen molar-refractivity contribution < 1.29 is 9.59 Å². The van der Waals surface area contributed by atoms with E-state index in [1.54, 1.807) is 61.6 Å². The van der Waals surface area contributed by atoms with Gasteiger partial charge in [-0.2, -0.15) is 0 Å². The number of hydrogen-bond donors (Lipinski definition) is 0. The van der Waals surface area contributed by atoms with Crippen molar-refractivity contribution in [3.8, 4) is 0 Å². The van der Waals surface area contributed by atoms with Crippen molar-refractivity contribution in [2.45, 2.75) is 0 Å². The highest BCUT2D eigenvalue weighted by molar-refractivity contribution is 6.65. The van der Waals surface area contributed by atoms with Gasteiger partial charge in [0.25, 0.3) is 11.8 Å². The Hall–Kier alpha value is -3.21. The topological polar surface area (TPSA) is 53.0 Å². The minimum absolute atomic E-state index is 0.156. The quantitative estimate of drug-likeness (QED) is 0.646. The van der Waals surface area contributed by atoms with E-state index in [4.69, 9.17) is 0 Å². The number of amides is 2. The lowest BCUT2D eigenvalue weighted by Crippen LogP contribution is -2.30. The van der Waals surface area contributed by atoms with Crippen LogP contribution in [0.5, 0.6) is 0 Å². The molecule has 5 heteroatoms. The van der Waals surface area contributed by atoms with E-state index in [1.807, 2.05) is 24.3 Å². The van der Waals surface area contributed by atoms with E-state index in [9.17, 15) is 9.59 Å². The molecule has 2 aromatic carbocycles. The molecule has 1 aliphatic rings. The summed E-state index contributed by atoms with van der Waals surface area (Å²) in [6, 6.07) is 18.0. The average Bonchev–Trinajstić information content (AvgIpc) is 2.80. The maximum absolute atomic E-state index is 12.8. The largest absolute Gasteiger partial charge is 0.383 e. The summed E-state index contributed by atoms with van der Waals surface area (Å²) in [5.41, 5.74) is 1.62. The molecule has 0 aromatic heterocycles. The molecule has 3 rings (SSSR count). The predicted octanol–water partition coefficient (Wildman–Crippen LogP) is 2.78. The van der Waals surface area contributed by atoms with Crippen molar-refractivity contribution in [2.24, 2.45) is 4.99 Å². The maximum atomic E-state index is 12.8. The average molecular weight is 319 g/mol. The number of carbonyl (C=O) groups is 2. The number of carbonyl (C=O) groups excluding carboxylic acids is 2. The third-order valence-corrected chi connectivity index (χ3v) is 3.49. The highest BCUT2D eigenvalue weighted by atomic mass is 16.2. The van der Waals surface area contributed by atoms with Gasteiger partial charge in [0.1, 0.15) is 5.71 Å².